The van der Waals surface area contributed by atoms with Crippen molar-refractivity contribution in [3.8, 4) is 0 Å². The normalized spacial score (nSPS) is 22.6. The van der Waals surface area contributed by atoms with Gasteiger partial charge in [-0.15, -0.1) is 0 Å². The van der Waals surface area contributed by atoms with Crippen molar-refractivity contribution in [1.82, 2.24) is 9.47 Å². The van der Waals surface area contributed by atoms with Crippen LogP contribution < -0.4 is 0 Å². The van der Waals surface area contributed by atoms with Gasteiger partial charge in [0.15, 0.2) is 0 Å². The van der Waals surface area contributed by atoms with E-state index in [1.807, 2.05) is 35.2 Å². The van der Waals surface area contributed by atoms with Crippen molar-refractivity contribution in [2.45, 2.75) is 30.7 Å². The zero-order chi connectivity index (χ0) is 18.3. The number of rotatable bonds is 4. The van der Waals surface area contributed by atoms with Crippen molar-refractivity contribution in [3.63, 3.8) is 0 Å². The summed E-state index contributed by atoms with van der Waals surface area (Å²) in [5.74, 6) is 1.07. The molecule has 1 aromatic heterocycles. The lowest BCUT2D eigenvalue weighted by Crippen LogP contribution is -2.31. The fourth-order valence-electron chi connectivity index (χ4n) is 4.27. The number of likely N-dealkylation sites (tertiary alicyclic amines) is 1. The second-order valence-electron chi connectivity index (χ2n) is 7.27. The van der Waals surface area contributed by atoms with Gasteiger partial charge in [0.1, 0.15) is 10.6 Å². The zero-order valence-electron chi connectivity index (χ0n) is 14.3. The molecular formula is C19H21ClN2O3S. The topological polar surface area (TPSA) is 59.4 Å². The predicted octanol–water partition coefficient (Wildman–Crippen LogP) is 3.34. The Labute approximate surface area is 158 Å². The Bertz CT molecular complexity index is 912. The number of amides is 1. The van der Waals surface area contributed by atoms with E-state index < -0.39 is 9.05 Å². The number of nitrogens with zero attached hydrogens (tertiary/aromatic N) is 2. The van der Waals surface area contributed by atoms with E-state index in [1.165, 1.54) is 31.5 Å². The molecule has 4 rings (SSSR count). The minimum Gasteiger partial charge on any atom is -0.338 e. The SMILES string of the molecule is O=C(c1cc(S(=O)(=O)Cl)cn1Cc1ccccc1)N1CC2CCCC2C1. The minimum absolute atomic E-state index is 0.0298. The number of halogens is 1. The molecule has 0 spiro atoms. The maximum atomic E-state index is 13.1. The maximum Gasteiger partial charge on any atom is 0.270 e. The molecular weight excluding hydrogens is 372 g/mol. The summed E-state index contributed by atoms with van der Waals surface area (Å²) in [6.07, 6.45) is 5.07. The molecule has 2 fully saturated rings. The lowest BCUT2D eigenvalue weighted by Gasteiger charge is -2.18. The zero-order valence-corrected chi connectivity index (χ0v) is 15.9. The summed E-state index contributed by atoms with van der Waals surface area (Å²) in [4.78, 5) is 14.9. The van der Waals surface area contributed by atoms with Crippen molar-refractivity contribution >= 4 is 25.6 Å². The van der Waals surface area contributed by atoms with E-state index in [2.05, 4.69) is 0 Å². The largest absolute Gasteiger partial charge is 0.338 e. The minimum atomic E-state index is -3.89. The highest BCUT2D eigenvalue weighted by atomic mass is 35.7. The summed E-state index contributed by atoms with van der Waals surface area (Å²) in [7, 11) is 1.63. The summed E-state index contributed by atoms with van der Waals surface area (Å²) in [5, 5.41) is 0. The summed E-state index contributed by atoms with van der Waals surface area (Å²) < 4.78 is 25.3. The molecule has 2 atom stereocenters. The van der Waals surface area contributed by atoms with Crippen molar-refractivity contribution < 1.29 is 13.2 Å². The molecule has 5 nitrogen and oxygen atoms in total. The Morgan fingerprint density at radius 2 is 1.77 bits per heavy atom. The van der Waals surface area contributed by atoms with Crippen LogP contribution in [0.1, 0.15) is 35.3 Å². The molecule has 0 N–H and O–H groups in total. The van der Waals surface area contributed by atoms with Gasteiger partial charge in [-0.1, -0.05) is 36.8 Å². The number of hydrogen-bond donors (Lipinski definition) is 0. The molecule has 1 amide bonds. The van der Waals surface area contributed by atoms with Crippen LogP contribution in [0.2, 0.25) is 0 Å². The first-order valence-electron chi connectivity index (χ1n) is 8.90. The molecule has 1 aliphatic heterocycles. The lowest BCUT2D eigenvalue weighted by atomic mass is 10.0. The van der Waals surface area contributed by atoms with Gasteiger partial charge in [0.05, 0.1) is 0 Å². The van der Waals surface area contributed by atoms with E-state index in [0.717, 1.165) is 18.7 Å². The van der Waals surface area contributed by atoms with Crippen LogP contribution in [0.25, 0.3) is 0 Å². The van der Waals surface area contributed by atoms with E-state index in [9.17, 15) is 13.2 Å². The van der Waals surface area contributed by atoms with E-state index in [1.54, 1.807) is 4.57 Å². The Morgan fingerprint density at radius 3 is 2.38 bits per heavy atom. The monoisotopic (exact) mass is 392 g/mol. The van der Waals surface area contributed by atoms with Crippen LogP contribution in [-0.2, 0) is 15.6 Å². The Hall–Kier alpha value is -1.79. The van der Waals surface area contributed by atoms with Gasteiger partial charge >= 0.3 is 0 Å². The maximum absolute atomic E-state index is 13.1. The van der Waals surface area contributed by atoms with Crippen LogP contribution in [0.5, 0.6) is 0 Å². The highest BCUT2D eigenvalue weighted by molar-refractivity contribution is 8.13. The molecule has 1 aliphatic carbocycles. The number of benzene rings is 1. The number of hydrogen-bond acceptors (Lipinski definition) is 3. The van der Waals surface area contributed by atoms with Crippen molar-refractivity contribution in [1.29, 1.82) is 0 Å². The molecule has 1 aromatic carbocycles. The molecule has 1 saturated heterocycles. The lowest BCUT2D eigenvalue weighted by molar-refractivity contribution is 0.0770. The smallest absolute Gasteiger partial charge is 0.270 e. The molecule has 2 heterocycles. The first kappa shape index (κ1) is 17.6. The van der Waals surface area contributed by atoms with Crippen molar-refractivity contribution in [3.05, 3.63) is 53.9 Å². The van der Waals surface area contributed by atoms with Crippen LogP contribution in [-0.4, -0.2) is 36.9 Å². The molecule has 2 aliphatic rings. The molecule has 1 saturated carbocycles. The Kier molecular flexibility index (Phi) is 4.57. The second-order valence-corrected chi connectivity index (χ2v) is 9.84. The standard InChI is InChI=1S/C19H21ClN2O3S/c20-26(24,25)17-9-18(21(13-17)10-14-5-2-1-3-6-14)19(23)22-11-15-7-4-8-16(15)12-22/h1-3,5-6,9,13,15-16H,4,7-8,10-12H2. The van der Waals surface area contributed by atoms with Gasteiger partial charge in [-0.25, -0.2) is 8.42 Å². The molecule has 2 aromatic rings. The van der Waals surface area contributed by atoms with Gasteiger partial charge in [-0.2, -0.15) is 0 Å². The van der Waals surface area contributed by atoms with Crippen molar-refractivity contribution in [2.75, 3.05) is 13.1 Å². The number of carbonyl (C=O) groups excluding carboxylic acids is 1. The van der Waals surface area contributed by atoms with E-state index in [4.69, 9.17) is 10.7 Å². The third kappa shape index (κ3) is 3.40. The first-order chi connectivity index (χ1) is 12.4. The van der Waals surface area contributed by atoms with Gasteiger partial charge in [0.2, 0.25) is 0 Å². The van der Waals surface area contributed by atoms with Crippen LogP contribution in [0.4, 0.5) is 0 Å². The van der Waals surface area contributed by atoms with Crippen LogP contribution in [0.15, 0.2) is 47.5 Å². The van der Waals surface area contributed by atoms with Gasteiger partial charge in [0.25, 0.3) is 15.0 Å². The Balaban J connectivity index is 1.65. The quantitative estimate of drug-likeness (QED) is 0.750. The molecule has 26 heavy (non-hydrogen) atoms. The molecule has 7 heteroatoms. The van der Waals surface area contributed by atoms with Crippen molar-refractivity contribution in [2.24, 2.45) is 11.8 Å². The van der Waals surface area contributed by atoms with Gasteiger partial charge < -0.3 is 9.47 Å². The van der Waals surface area contributed by atoms with Crippen LogP contribution >= 0.6 is 10.7 Å². The molecule has 138 valence electrons. The summed E-state index contributed by atoms with van der Waals surface area (Å²) in [6.45, 7) is 1.96. The fourth-order valence-corrected chi connectivity index (χ4v) is 5.03. The average Bonchev–Trinajstić information content (AvgIpc) is 3.28. The molecule has 0 radical (unpaired) electrons. The van der Waals surface area contributed by atoms with Gasteiger partial charge in [-0.3, -0.25) is 4.79 Å². The van der Waals surface area contributed by atoms with E-state index >= 15 is 0 Å². The van der Waals surface area contributed by atoms with Gasteiger partial charge in [0, 0.05) is 36.5 Å². The number of carbonyl (C=O) groups is 1. The predicted molar refractivity (Wildman–Crippen MR) is 99.7 cm³/mol. The average molecular weight is 393 g/mol. The number of aromatic nitrogens is 1. The highest BCUT2D eigenvalue weighted by Gasteiger charge is 2.39. The third-order valence-electron chi connectivity index (χ3n) is 5.58. The molecule has 0 bridgehead atoms. The van der Waals surface area contributed by atoms with Crippen LogP contribution in [0, 0.1) is 11.8 Å². The first-order valence-corrected chi connectivity index (χ1v) is 11.2. The van der Waals surface area contributed by atoms with Crippen LogP contribution in [0.3, 0.4) is 0 Å². The Morgan fingerprint density at radius 1 is 1.12 bits per heavy atom. The summed E-state index contributed by atoms with van der Waals surface area (Å²) in [6, 6.07) is 11.1. The van der Waals surface area contributed by atoms with E-state index in [0.29, 0.717) is 24.1 Å². The van der Waals surface area contributed by atoms with E-state index in [-0.39, 0.29) is 10.8 Å². The highest BCUT2D eigenvalue weighted by Crippen LogP contribution is 2.38. The summed E-state index contributed by atoms with van der Waals surface area (Å²) in [5.41, 5.74) is 1.38. The summed E-state index contributed by atoms with van der Waals surface area (Å²) >= 11 is 0. The molecule has 2 unspecified atom stereocenters. The third-order valence-corrected chi connectivity index (χ3v) is 6.90. The van der Waals surface area contributed by atoms with Gasteiger partial charge in [-0.05, 0) is 36.3 Å². The fraction of sp³-hybridized carbons (Fsp3) is 0.421. The second kappa shape index (κ2) is 6.74. The number of fused-ring (bicyclic) bond motifs is 1.